The fourth-order valence-corrected chi connectivity index (χ4v) is 3.62. The van der Waals surface area contributed by atoms with Crippen LogP contribution in [0.15, 0.2) is 0 Å². The highest BCUT2D eigenvalue weighted by molar-refractivity contribution is 5.69. The number of halogens is 3. The van der Waals surface area contributed by atoms with Crippen LogP contribution in [-0.2, 0) is 4.79 Å². The molecule has 0 aliphatic heterocycles. The summed E-state index contributed by atoms with van der Waals surface area (Å²) in [5.41, 5.74) is 0. The first-order valence-corrected chi connectivity index (χ1v) is 8.08. The summed E-state index contributed by atoms with van der Waals surface area (Å²) in [6.07, 6.45) is -0.670. The lowest BCUT2D eigenvalue weighted by molar-refractivity contribution is -0.183. The van der Waals surface area contributed by atoms with Gasteiger partial charge in [-0.2, -0.15) is 13.2 Å². The van der Waals surface area contributed by atoms with E-state index in [9.17, 15) is 18.0 Å². The summed E-state index contributed by atoms with van der Waals surface area (Å²) in [6, 6.07) is 0.782. The van der Waals surface area contributed by atoms with Crippen molar-refractivity contribution < 1.29 is 23.1 Å². The van der Waals surface area contributed by atoms with Gasteiger partial charge in [-0.3, -0.25) is 9.69 Å². The summed E-state index contributed by atoms with van der Waals surface area (Å²) in [5, 5.41) is 12.3. The van der Waals surface area contributed by atoms with Crippen molar-refractivity contribution in [1.82, 2.24) is 10.2 Å². The second-order valence-corrected chi connectivity index (χ2v) is 6.54. The Balaban J connectivity index is 1.67. The molecule has 2 aliphatic rings. The molecule has 128 valence electrons. The highest BCUT2D eigenvalue weighted by Gasteiger charge is 2.42. The molecule has 2 rings (SSSR count). The third-order valence-corrected chi connectivity index (χ3v) is 5.04. The van der Waals surface area contributed by atoms with Crippen LogP contribution in [0.1, 0.15) is 45.4 Å². The van der Waals surface area contributed by atoms with Gasteiger partial charge in [0.25, 0.3) is 0 Å². The number of alkyl halides is 3. The molecule has 0 aromatic carbocycles. The standard InChI is InChI=1S/C15H25F3N2O2/c1-2-20(9-14(21)22)13-7-12(8-13)19-11-5-3-10(4-6-11)15(16,17)18/h10-13,19H,2-9H2,1H3,(H,21,22). The van der Waals surface area contributed by atoms with E-state index in [-0.39, 0.29) is 31.5 Å². The van der Waals surface area contributed by atoms with Crippen molar-refractivity contribution >= 4 is 5.97 Å². The number of nitrogens with zero attached hydrogens (tertiary/aromatic N) is 1. The van der Waals surface area contributed by atoms with Crippen LogP contribution in [0.5, 0.6) is 0 Å². The van der Waals surface area contributed by atoms with Gasteiger partial charge < -0.3 is 10.4 Å². The Morgan fingerprint density at radius 2 is 1.77 bits per heavy atom. The molecule has 0 saturated heterocycles. The van der Waals surface area contributed by atoms with Gasteiger partial charge in [-0.25, -0.2) is 0 Å². The summed E-state index contributed by atoms with van der Waals surface area (Å²) < 4.78 is 37.9. The van der Waals surface area contributed by atoms with Crippen molar-refractivity contribution in [3.8, 4) is 0 Å². The smallest absolute Gasteiger partial charge is 0.391 e. The highest BCUT2D eigenvalue weighted by Crippen LogP contribution is 2.38. The summed E-state index contributed by atoms with van der Waals surface area (Å²) >= 11 is 0. The molecule has 4 nitrogen and oxygen atoms in total. The van der Waals surface area contributed by atoms with E-state index in [2.05, 4.69) is 5.32 Å². The van der Waals surface area contributed by atoms with E-state index in [1.807, 2.05) is 11.8 Å². The fraction of sp³-hybridized carbons (Fsp3) is 0.933. The van der Waals surface area contributed by atoms with E-state index in [1.165, 1.54) is 0 Å². The summed E-state index contributed by atoms with van der Waals surface area (Å²) in [7, 11) is 0. The van der Waals surface area contributed by atoms with Crippen LogP contribution in [0.2, 0.25) is 0 Å². The van der Waals surface area contributed by atoms with E-state index < -0.39 is 18.1 Å². The minimum absolute atomic E-state index is 0.0601. The zero-order valence-corrected chi connectivity index (χ0v) is 12.9. The lowest BCUT2D eigenvalue weighted by Gasteiger charge is -2.44. The Hall–Kier alpha value is -0.820. The zero-order chi connectivity index (χ0) is 16.3. The first kappa shape index (κ1) is 17.5. The number of carboxylic acids is 1. The maximum Gasteiger partial charge on any atom is 0.391 e. The Morgan fingerprint density at radius 1 is 1.18 bits per heavy atom. The molecule has 2 saturated carbocycles. The van der Waals surface area contributed by atoms with Crippen LogP contribution < -0.4 is 5.32 Å². The van der Waals surface area contributed by atoms with Gasteiger partial charge in [0.1, 0.15) is 0 Å². The lowest BCUT2D eigenvalue weighted by Crippen LogP contribution is -2.56. The van der Waals surface area contributed by atoms with Gasteiger partial charge in [-0.15, -0.1) is 0 Å². The number of aliphatic carboxylic acids is 1. The van der Waals surface area contributed by atoms with Gasteiger partial charge in [-0.1, -0.05) is 6.92 Å². The van der Waals surface area contributed by atoms with E-state index >= 15 is 0 Å². The Kier molecular flexibility index (Phi) is 5.71. The topological polar surface area (TPSA) is 52.6 Å². The van der Waals surface area contributed by atoms with Crippen molar-refractivity contribution in [1.29, 1.82) is 0 Å². The Morgan fingerprint density at radius 3 is 2.23 bits per heavy atom. The van der Waals surface area contributed by atoms with Crippen molar-refractivity contribution in [3.63, 3.8) is 0 Å². The molecule has 22 heavy (non-hydrogen) atoms. The molecule has 0 heterocycles. The van der Waals surface area contributed by atoms with Gasteiger partial charge in [0.15, 0.2) is 0 Å². The Labute approximate surface area is 129 Å². The van der Waals surface area contributed by atoms with Crippen LogP contribution >= 0.6 is 0 Å². The largest absolute Gasteiger partial charge is 0.480 e. The molecule has 7 heteroatoms. The maximum absolute atomic E-state index is 12.6. The number of carbonyl (C=O) groups is 1. The molecule has 0 radical (unpaired) electrons. The predicted octanol–water partition coefficient (Wildman–Crippen LogP) is 2.63. The van der Waals surface area contributed by atoms with E-state index in [0.29, 0.717) is 25.4 Å². The van der Waals surface area contributed by atoms with Gasteiger partial charge >= 0.3 is 12.1 Å². The number of carboxylic acid groups (broad SMARTS) is 1. The highest BCUT2D eigenvalue weighted by atomic mass is 19.4. The molecule has 2 N–H and O–H groups in total. The van der Waals surface area contributed by atoms with Crippen LogP contribution in [-0.4, -0.2) is 53.4 Å². The normalized spacial score (nSPS) is 32.8. The second kappa shape index (κ2) is 7.17. The van der Waals surface area contributed by atoms with Crippen LogP contribution in [0.3, 0.4) is 0 Å². The summed E-state index contributed by atoms with van der Waals surface area (Å²) in [6.45, 7) is 2.72. The molecule has 2 aliphatic carbocycles. The molecule has 0 atom stereocenters. The van der Waals surface area contributed by atoms with Crippen LogP contribution in [0, 0.1) is 5.92 Å². The average molecular weight is 322 g/mol. The van der Waals surface area contributed by atoms with Gasteiger partial charge in [0.2, 0.25) is 0 Å². The van der Waals surface area contributed by atoms with E-state index in [1.54, 1.807) is 0 Å². The number of nitrogens with one attached hydrogen (secondary N) is 1. The minimum Gasteiger partial charge on any atom is -0.480 e. The van der Waals surface area contributed by atoms with E-state index in [0.717, 1.165) is 12.8 Å². The predicted molar refractivity (Wildman–Crippen MR) is 76.6 cm³/mol. The Bertz CT molecular complexity index is 375. The first-order valence-electron chi connectivity index (χ1n) is 8.08. The average Bonchev–Trinajstić information content (AvgIpc) is 2.39. The molecule has 0 spiro atoms. The minimum atomic E-state index is -4.05. The zero-order valence-electron chi connectivity index (χ0n) is 12.9. The summed E-state index contributed by atoms with van der Waals surface area (Å²) in [5.74, 6) is -1.95. The monoisotopic (exact) mass is 322 g/mol. The lowest BCUT2D eigenvalue weighted by atomic mass is 9.81. The van der Waals surface area contributed by atoms with Crippen LogP contribution in [0.4, 0.5) is 13.2 Å². The van der Waals surface area contributed by atoms with Crippen molar-refractivity contribution in [2.45, 2.75) is 69.8 Å². The molecular weight excluding hydrogens is 297 g/mol. The van der Waals surface area contributed by atoms with Gasteiger partial charge in [0, 0.05) is 18.1 Å². The molecule has 2 fully saturated rings. The maximum atomic E-state index is 12.6. The van der Waals surface area contributed by atoms with Crippen molar-refractivity contribution in [3.05, 3.63) is 0 Å². The SMILES string of the molecule is CCN(CC(=O)O)C1CC(NC2CCC(C(F)(F)F)CC2)C1. The number of hydrogen-bond donors (Lipinski definition) is 2. The molecule has 0 bridgehead atoms. The molecule has 0 amide bonds. The molecule has 0 unspecified atom stereocenters. The number of rotatable bonds is 6. The number of hydrogen-bond acceptors (Lipinski definition) is 3. The van der Waals surface area contributed by atoms with E-state index in [4.69, 9.17) is 5.11 Å². The molecule has 0 aromatic rings. The van der Waals surface area contributed by atoms with Crippen LogP contribution in [0.25, 0.3) is 0 Å². The third-order valence-electron chi connectivity index (χ3n) is 5.04. The fourth-order valence-electron chi connectivity index (χ4n) is 3.62. The third kappa shape index (κ3) is 4.59. The number of likely N-dealkylation sites (N-methyl/N-ethyl adjacent to an activating group) is 1. The second-order valence-electron chi connectivity index (χ2n) is 6.54. The molecule has 0 aromatic heterocycles. The van der Waals surface area contributed by atoms with Gasteiger partial charge in [0.05, 0.1) is 12.5 Å². The van der Waals surface area contributed by atoms with Crippen molar-refractivity contribution in [2.24, 2.45) is 5.92 Å². The molecular formula is C15H25F3N2O2. The quantitative estimate of drug-likeness (QED) is 0.789. The first-order chi connectivity index (χ1) is 10.3. The van der Waals surface area contributed by atoms with Gasteiger partial charge in [-0.05, 0) is 45.1 Å². The summed E-state index contributed by atoms with van der Waals surface area (Å²) in [4.78, 5) is 12.7. The van der Waals surface area contributed by atoms with Crippen molar-refractivity contribution in [2.75, 3.05) is 13.1 Å².